The summed E-state index contributed by atoms with van der Waals surface area (Å²) in [7, 11) is 0. The monoisotopic (exact) mass is 754 g/mol. The fraction of sp³-hybridized carbons (Fsp3) is 0.951. The first-order chi connectivity index (χ1) is 24.7. The van der Waals surface area contributed by atoms with Gasteiger partial charge < -0.3 is 59.8 Å². The predicted molar refractivity (Wildman–Crippen MR) is 195 cm³/mol. The van der Waals surface area contributed by atoms with E-state index in [4.69, 9.17) is 18.9 Å². The van der Waals surface area contributed by atoms with Gasteiger partial charge in [-0.1, -0.05) is 46.3 Å². The Labute approximate surface area is 315 Å². The van der Waals surface area contributed by atoms with Gasteiger partial charge in [0.05, 0.1) is 31.0 Å². The average molecular weight is 755 g/mol. The van der Waals surface area contributed by atoms with Crippen molar-refractivity contribution in [3.8, 4) is 0 Å². The van der Waals surface area contributed by atoms with E-state index in [0.29, 0.717) is 25.2 Å². The van der Waals surface area contributed by atoms with Crippen molar-refractivity contribution in [2.75, 3.05) is 13.2 Å². The van der Waals surface area contributed by atoms with Gasteiger partial charge in [-0.05, 0) is 124 Å². The average Bonchev–Trinajstić information content (AvgIpc) is 3.47. The molecule has 0 aromatic heterocycles. The van der Waals surface area contributed by atoms with Crippen LogP contribution in [0.15, 0.2) is 11.6 Å². The first-order valence-electron chi connectivity index (χ1n) is 20.3. The summed E-state index contributed by atoms with van der Waals surface area (Å²) >= 11 is 0. The van der Waals surface area contributed by atoms with Gasteiger partial charge >= 0.3 is 0 Å². The summed E-state index contributed by atoms with van der Waals surface area (Å²) in [5, 5.41) is 87.1. The van der Waals surface area contributed by atoms with E-state index in [1.165, 1.54) is 0 Å². The largest absolute Gasteiger partial charge is 0.394 e. The van der Waals surface area contributed by atoms with Crippen LogP contribution < -0.4 is 0 Å². The quantitative estimate of drug-likeness (QED) is 0.161. The lowest BCUT2D eigenvalue weighted by Gasteiger charge is -2.70. The van der Waals surface area contributed by atoms with Gasteiger partial charge in [-0.2, -0.15) is 0 Å². The number of ether oxygens (including phenoxy) is 4. The molecular formula is C41H70O12. The molecule has 0 aromatic rings. The normalized spacial score (nSPS) is 52.1. The third kappa shape index (κ3) is 6.80. The SMILES string of the molecule is CC(C)=CCC[C@](C)(O[C@@H]1O[C@H](CO)[C@@H](O)[C@H](O)[C@H]1O[C@@H]1OC[C@@H](O)[C@H](O)[C@H]1O)[C@H]1CC[C@]2(C)[C@@H]1[C@H](O)C[C@@H]1[C@@]3(C)CC[C@H](O)C(C)(C)[C@@H]3CC[C@]12C. The summed E-state index contributed by atoms with van der Waals surface area (Å²) in [4.78, 5) is 0. The Balaban J connectivity index is 1.34. The van der Waals surface area contributed by atoms with Crippen LogP contribution in [0.4, 0.5) is 0 Å². The standard InChI is InChI=1S/C41H70O12/c1-21(2)10-9-14-41(8,53-36-34(32(48)31(47)25(19-42)51-36)52-35-33(49)30(46)24(44)20-50-35)22-11-16-40(7)29(22)23(43)18-27-38(5)15-13-28(45)37(3,4)26(38)12-17-39(27,40)6/h10,22-36,42-49H,9,11-20H2,1-8H3/t22-,23+,24+,25+,26-,27+,28-,29-,30-,31+,32-,33+,34+,35-,36-,38-,39+,40+,41-/m0/s1. The van der Waals surface area contributed by atoms with Crippen molar-refractivity contribution in [2.24, 2.45) is 45.3 Å². The zero-order valence-corrected chi connectivity index (χ0v) is 33.2. The fourth-order valence-electron chi connectivity index (χ4n) is 13.0. The molecule has 53 heavy (non-hydrogen) atoms. The molecular weight excluding hydrogens is 684 g/mol. The van der Waals surface area contributed by atoms with Gasteiger partial charge in [0.1, 0.15) is 42.7 Å². The highest BCUT2D eigenvalue weighted by Crippen LogP contribution is 2.76. The zero-order chi connectivity index (χ0) is 39.1. The summed E-state index contributed by atoms with van der Waals surface area (Å²) in [5.41, 5.74) is -0.290. The minimum atomic E-state index is -1.65. The molecule has 0 bridgehead atoms. The van der Waals surface area contributed by atoms with Crippen LogP contribution in [-0.4, -0.2) is 127 Å². The highest BCUT2D eigenvalue weighted by Gasteiger charge is 2.71. The molecule has 0 spiro atoms. The molecule has 0 aromatic carbocycles. The maximum absolute atomic E-state index is 12.5. The van der Waals surface area contributed by atoms with Crippen molar-refractivity contribution >= 4 is 0 Å². The topological polar surface area (TPSA) is 199 Å². The van der Waals surface area contributed by atoms with E-state index in [1.807, 2.05) is 20.8 Å². The molecule has 6 rings (SSSR count). The molecule has 2 saturated heterocycles. The Kier molecular flexibility index (Phi) is 11.8. The summed E-state index contributed by atoms with van der Waals surface area (Å²) in [6.07, 6.45) is -4.53. The van der Waals surface area contributed by atoms with Crippen LogP contribution in [0, 0.1) is 45.3 Å². The van der Waals surface area contributed by atoms with Crippen LogP contribution in [0.2, 0.25) is 0 Å². The molecule has 2 aliphatic heterocycles. The predicted octanol–water partition coefficient (Wildman–Crippen LogP) is 2.79. The maximum atomic E-state index is 12.5. The van der Waals surface area contributed by atoms with Crippen molar-refractivity contribution in [2.45, 2.75) is 186 Å². The number of hydrogen-bond acceptors (Lipinski definition) is 12. The number of aliphatic hydroxyl groups is 8. The minimum absolute atomic E-state index is 0.0157. The molecule has 6 aliphatic rings. The molecule has 0 radical (unpaired) electrons. The van der Waals surface area contributed by atoms with Crippen molar-refractivity contribution in [3.05, 3.63) is 11.6 Å². The second-order valence-electron chi connectivity index (χ2n) is 19.6. The summed E-state index contributed by atoms with van der Waals surface area (Å²) in [6, 6.07) is 0. The fourth-order valence-corrected chi connectivity index (χ4v) is 13.0. The Bertz CT molecular complexity index is 1320. The molecule has 8 N–H and O–H groups in total. The van der Waals surface area contributed by atoms with E-state index in [2.05, 4.69) is 40.7 Å². The lowest BCUT2D eigenvalue weighted by molar-refractivity contribution is -0.374. The summed E-state index contributed by atoms with van der Waals surface area (Å²) < 4.78 is 24.8. The Morgan fingerprint density at radius 3 is 2.13 bits per heavy atom. The molecule has 4 aliphatic carbocycles. The molecule has 4 saturated carbocycles. The first kappa shape index (κ1) is 41.9. The van der Waals surface area contributed by atoms with E-state index >= 15 is 0 Å². The van der Waals surface area contributed by atoms with E-state index in [1.54, 1.807) is 0 Å². The van der Waals surface area contributed by atoms with Gasteiger partial charge in [0.15, 0.2) is 12.6 Å². The van der Waals surface area contributed by atoms with Crippen LogP contribution >= 0.6 is 0 Å². The lowest BCUT2D eigenvalue weighted by Crippen LogP contribution is -2.67. The van der Waals surface area contributed by atoms with E-state index in [0.717, 1.165) is 44.1 Å². The van der Waals surface area contributed by atoms with Crippen molar-refractivity contribution in [3.63, 3.8) is 0 Å². The molecule has 0 amide bonds. The van der Waals surface area contributed by atoms with Crippen LogP contribution in [0.3, 0.4) is 0 Å². The molecule has 2 heterocycles. The van der Waals surface area contributed by atoms with Crippen molar-refractivity contribution < 1.29 is 59.8 Å². The van der Waals surface area contributed by atoms with Crippen LogP contribution in [0.5, 0.6) is 0 Å². The smallest absolute Gasteiger partial charge is 0.187 e. The number of hydrogen-bond donors (Lipinski definition) is 8. The van der Waals surface area contributed by atoms with Crippen LogP contribution in [0.25, 0.3) is 0 Å². The van der Waals surface area contributed by atoms with Crippen LogP contribution in [0.1, 0.15) is 113 Å². The number of aliphatic hydroxyl groups excluding tert-OH is 8. The second-order valence-corrected chi connectivity index (χ2v) is 19.6. The molecule has 19 atom stereocenters. The van der Waals surface area contributed by atoms with E-state index in [9.17, 15) is 40.9 Å². The third-order valence-corrected chi connectivity index (χ3v) is 16.3. The van der Waals surface area contributed by atoms with Crippen molar-refractivity contribution in [1.29, 1.82) is 0 Å². The summed E-state index contributed by atoms with van der Waals surface area (Å²) in [5.74, 6) is 0.396. The van der Waals surface area contributed by atoms with E-state index < -0.39 is 73.6 Å². The Morgan fingerprint density at radius 2 is 1.47 bits per heavy atom. The number of rotatable bonds is 9. The Hall–Kier alpha value is -0.740. The van der Waals surface area contributed by atoms with Gasteiger partial charge in [0, 0.05) is 0 Å². The molecule has 306 valence electrons. The zero-order valence-electron chi connectivity index (χ0n) is 33.2. The highest BCUT2D eigenvalue weighted by molar-refractivity contribution is 5.20. The molecule has 12 nitrogen and oxygen atoms in total. The first-order valence-corrected chi connectivity index (χ1v) is 20.3. The highest BCUT2D eigenvalue weighted by atomic mass is 16.8. The summed E-state index contributed by atoms with van der Waals surface area (Å²) in [6.45, 7) is 16.9. The number of allylic oxidation sites excluding steroid dienone is 2. The molecule has 0 unspecified atom stereocenters. The van der Waals surface area contributed by atoms with Gasteiger partial charge in [-0.3, -0.25) is 0 Å². The third-order valence-electron chi connectivity index (χ3n) is 16.3. The van der Waals surface area contributed by atoms with E-state index in [-0.39, 0.29) is 52.1 Å². The second kappa shape index (κ2) is 14.9. The molecule has 6 fully saturated rings. The minimum Gasteiger partial charge on any atom is -0.394 e. The maximum Gasteiger partial charge on any atom is 0.187 e. The lowest BCUT2D eigenvalue weighted by atomic mass is 9.35. The van der Waals surface area contributed by atoms with Gasteiger partial charge in [-0.15, -0.1) is 0 Å². The van der Waals surface area contributed by atoms with Gasteiger partial charge in [-0.25, -0.2) is 0 Å². The van der Waals surface area contributed by atoms with Gasteiger partial charge in [0.2, 0.25) is 0 Å². The Morgan fingerprint density at radius 1 is 0.792 bits per heavy atom. The van der Waals surface area contributed by atoms with Crippen molar-refractivity contribution in [1.82, 2.24) is 0 Å². The van der Waals surface area contributed by atoms with Crippen LogP contribution in [-0.2, 0) is 18.9 Å². The van der Waals surface area contributed by atoms with Gasteiger partial charge in [0.25, 0.3) is 0 Å². The number of fused-ring (bicyclic) bond motifs is 5. The molecule has 12 heteroatoms.